The third-order valence-corrected chi connectivity index (χ3v) is 4.26. The fourth-order valence-electron chi connectivity index (χ4n) is 1.94. The summed E-state index contributed by atoms with van der Waals surface area (Å²) in [5.41, 5.74) is 1.31. The van der Waals surface area contributed by atoms with Gasteiger partial charge in [-0.2, -0.15) is 11.8 Å². The van der Waals surface area contributed by atoms with Crippen molar-refractivity contribution >= 4 is 23.4 Å². The Bertz CT molecular complexity index is 331. The minimum absolute atomic E-state index is 0.295. The van der Waals surface area contributed by atoms with Crippen molar-refractivity contribution in [3.05, 3.63) is 34.9 Å². The molecule has 0 aromatic heterocycles. The Balaban J connectivity index is 2.34. The van der Waals surface area contributed by atoms with E-state index in [2.05, 4.69) is 24.4 Å². The van der Waals surface area contributed by atoms with Crippen molar-refractivity contribution in [1.82, 2.24) is 5.32 Å². The second-order valence-electron chi connectivity index (χ2n) is 4.54. The Morgan fingerprint density at radius 1 is 1.26 bits per heavy atom. The summed E-state index contributed by atoms with van der Waals surface area (Å²) >= 11 is 7.82. The molecular formula is C15H24ClNOS. The lowest BCUT2D eigenvalue weighted by Crippen LogP contribution is -2.23. The molecule has 1 aromatic rings. The number of aliphatic hydroxyl groups is 1. The molecule has 0 fully saturated rings. The van der Waals surface area contributed by atoms with Gasteiger partial charge in [-0.25, -0.2) is 0 Å². The number of thioether (sulfide) groups is 1. The van der Waals surface area contributed by atoms with Gasteiger partial charge < -0.3 is 10.4 Å². The minimum Gasteiger partial charge on any atom is -0.396 e. The summed E-state index contributed by atoms with van der Waals surface area (Å²) in [6, 6.07) is 8.54. The standard InChI is InChI=1S/C15H24ClNOS/c1-2-4-15(13-5-7-14(16)8-6-13)17-9-12-19-11-3-10-18/h5-8,15,17-18H,2-4,9-12H2,1H3. The van der Waals surface area contributed by atoms with Gasteiger partial charge in [0.15, 0.2) is 0 Å². The highest BCUT2D eigenvalue weighted by Gasteiger charge is 2.09. The number of benzene rings is 1. The third kappa shape index (κ3) is 7.21. The van der Waals surface area contributed by atoms with Crippen LogP contribution in [0.25, 0.3) is 0 Å². The highest BCUT2D eigenvalue weighted by molar-refractivity contribution is 7.99. The van der Waals surface area contributed by atoms with Crippen LogP contribution in [0.1, 0.15) is 37.8 Å². The van der Waals surface area contributed by atoms with Gasteiger partial charge >= 0.3 is 0 Å². The molecule has 19 heavy (non-hydrogen) atoms. The fourth-order valence-corrected chi connectivity index (χ4v) is 2.87. The molecule has 0 aliphatic carbocycles. The minimum atomic E-state index is 0.295. The first-order valence-electron chi connectivity index (χ1n) is 6.95. The van der Waals surface area contributed by atoms with Crippen LogP contribution in [-0.4, -0.2) is 29.8 Å². The van der Waals surface area contributed by atoms with Crippen LogP contribution in [0, 0.1) is 0 Å². The molecule has 0 saturated heterocycles. The number of rotatable bonds is 10. The largest absolute Gasteiger partial charge is 0.396 e. The Kier molecular flexibility index (Phi) is 9.35. The van der Waals surface area contributed by atoms with Gasteiger partial charge in [0.2, 0.25) is 0 Å². The molecule has 2 N–H and O–H groups in total. The molecule has 0 saturated carbocycles. The fraction of sp³-hybridized carbons (Fsp3) is 0.600. The Hall–Kier alpha value is -0.220. The van der Waals surface area contributed by atoms with Crippen LogP contribution < -0.4 is 5.32 Å². The van der Waals surface area contributed by atoms with Crippen LogP contribution >= 0.6 is 23.4 Å². The van der Waals surface area contributed by atoms with E-state index in [4.69, 9.17) is 16.7 Å². The third-order valence-electron chi connectivity index (χ3n) is 2.93. The number of hydrogen-bond donors (Lipinski definition) is 2. The zero-order valence-electron chi connectivity index (χ0n) is 11.6. The van der Waals surface area contributed by atoms with Crippen molar-refractivity contribution in [2.45, 2.75) is 32.2 Å². The van der Waals surface area contributed by atoms with Gasteiger partial charge in [0.1, 0.15) is 0 Å². The molecule has 0 radical (unpaired) electrons. The van der Waals surface area contributed by atoms with Crippen LogP contribution in [0.3, 0.4) is 0 Å². The van der Waals surface area contributed by atoms with E-state index in [9.17, 15) is 0 Å². The average molecular weight is 302 g/mol. The Morgan fingerprint density at radius 3 is 2.63 bits per heavy atom. The molecule has 2 nitrogen and oxygen atoms in total. The average Bonchev–Trinajstić information content (AvgIpc) is 2.42. The van der Waals surface area contributed by atoms with E-state index < -0.39 is 0 Å². The molecule has 0 aliphatic rings. The first-order chi connectivity index (χ1) is 9.27. The highest BCUT2D eigenvalue weighted by Crippen LogP contribution is 2.20. The van der Waals surface area contributed by atoms with Crippen molar-refractivity contribution in [1.29, 1.82) is 0 Å². The molecule has 1 atom stereocenters. The first-order valence-corrected chi connectivity index (χ1v) is 8.48. The maximum Gasteiger partial charge on any atom is 0.0438 e. The predicted octanol–water partition coefficient (Wildman–Crippen LogP) is 3.89. The van der Waals surface area contributed by atoms with Crippen LogP contribution in [0.2, 0.25) is 5.02 Å². The molecule has 0 amide bonds. The monoisotopic (exact) mass is 301 g/mol. The lowest BCUT2D eigenvalue weighted by molar-refractivity contribution is 0.296. The topological polar surface area (TPSA) is 32.3 Å². The number of hydrogen-bond acceptors (Lipinski definition) is 3. The molecule has 1 aromatic carbocycles. The summed E-state index contributed by atoms with van der Waals surface area (Å²) < 4.78 is 0. The van der Waals surface area contributed by atoms with E-state index in [-0.39, 0.29) is 0 Å². The second kappa shape index (κ2) is 10.6. The molecule has 0 bridgehead atoms. The highest BCUT2D eigenvalue weighted by atomic mass is 35.5. The van der Waals surface area contributed by atoms with Crippen molar-refractivity contribution in [2.75, 3.05) is 24.7 Å². The SMILES string of the molecule is CCCC(NCCSCCCO)c1ccc(Cl)cc1. The second-order valence-corrected chi connectivity index (χ2v) is 6.20. The predicted molar refractivity (Wildman–Crippen MR) is 86.1 cm³/mol. The van der Waals surface area contributed by atoms with E-state index in [1.54, 1.807) is 0 Å². The Labute approximate surface area is 125 Å². The normalized spacial score (nSPS) is 12.6. The van der Waals surface area contributed by atoms with Crippen LogP contribution in [0.15, 0.2) is 24.3 Å². The zero-order valence-corrected chi connectivity index (χ0v) is 13.1. The van der Waals surface area contributed by atoms with Gasteiger partial charge in [-0.05, 0) is 36.3 Å². The van der Waals surface area contributed by atoms with Crippen molar-refractivity contribution in [3.63, 3.8) is 0 Å². The maximum atomic E-state index is 8.71. The van der Waals surface area contributed by atoms with Gasteiger partial charge in [0.05, 0.1) is 0 Å². The Morgan fingerprint density at radius 2 is 2.00 bits per heavy atom. The number of halogens is 1. The van der Waals surface area contributed by atoms with Crippen LogP contribution in [-0.2, 0) is 0 Å². The summed E-state index contributed by atoms with van der Waals surface area (Å²) in [5.74, 6) is 2.13. The van der Waals surface area contributed by atoms with E-state index in [1.807, 2.05) is 23.9 Å². The summed E-state index contributed by atoms with van der Waals surface area (Å²) in [4.78, 5) is 0. The van der Waals surface area contributed by atoms with Crippen molar-refractivity contribution in [3.8, 4) is 0 Å². The zero-order chi connectivity index (χ0) is 13.9. The number of aliphatic hydroxyl groups excluding tert-OH is 1. The molecule has 108 valence electrons. The van der Waals surface area contributed by atoms with Gasteiger partial charge in [-0.15, -0.1) is 0 Å². The van der Waals surface area contributed by atoms with Crippen LogP contribution in [0.4, 0.5) is 0 Å². The smallest absolute Gasteiger partial charge is 0.0438 e. The number of nitrogens with one attached hydrogen (secondary N) is 1. The van der Waals surface area contributed by atoms with Crippen LogP contribution in [0.5, 0.6) is 0 Å². The van der Waals surface area contributed by atoms with E-state index >= 15 is 0 Å². The molecule has 4 heteroatoms. The summed E-state index contributed by atoms with van der Waals surface area (Å²) in [6.07, 6.45) is 3.20. The molecule has 1 unspecified atom stereocenters. The maximum absolute atomic E-state index is 8.71. The van der Waals surface area contributed by atoms with Gasteiger partial charge in [-0.1, -0.05) is 37.1 Å². The summed E-state index contributed by atoms with van der Waals surface area (Å²) in [7, 11) is 0. The molecule has 0 aliphatic heterocycles. The first kappa shape index (κ1) is 16.8. The quantitative estimate of drug-likeness (QED) is 0.643. The lowest BCUT2D eigenvalue weighted by atomic mass is 10.0. The molecule has 0 spiro atoms. The van der Waals surface area contributed by atoms with Crippen molar-refractivity contribution in [2.24, 2.45) is 0 Å². The summed E-state index contributed by atoms with van der Waals surface area (Å²) in [6.45, 7) is 3.51. The van der Waals surface area contributed by atoms with E-state index in [0.29, 0.717) is 12.6 Å². The van der Waals surface area contributed by atoms with E-state index in [0.717, 1.165) is 42.3 Å². The molecular weight excluding hydrogens is 278 g/mol. The molecule has 0 heterocycles. The van der Waals surface area contributed by atoms with E-state index in [1.165, 1.54) is 5.56 Å². The molecule has 1 rings (SSSR count). The lowest BCUT2D eigenvalue weighted by Gasteiger charge is -2.18. The van der Waals surface area contributed by atoms with Gasteiger partial charge in [0, 0.05) is 30.0 Å². The van der Waals surface area contributed by atoms with Gasteiger partial charge in [-0.3, -0.25) is 0 Å². The summed E-state index contributed by atoms with van der Waals surface area (Å²) in [5, 5.41) is 13.1. The van der Waals surface area contributed by atoms with Crippen molar-refractivity contribution < 1.29 is 5.11 Å². The van der Waals surface area contributed by atoms with Gasteiger partial charge in [0.25, 0.3) is 0 Å².